The van der Waals surface area contributed by atoms with Crippen LogP contribution in [0.4, 0.5) is 5.69 Å². The average Bonchev–Trinajstić information content (AvgIpc) is 3.17. The van der Waals surface area contributed by atoms with Gasteiger partial charge in [0.2, 0.25) is 5.91 Å². The number of carboxylic acids is 1. The lowest BCUT2D eigenvalue weighted by molar-refractivity contribution is -0.115. The molecule has 6 nitrogen and oxygen atoms in total. The number of carbonyl (C=O) groups is 2. The third-order valence-corrected chi connectivity index (χ3v) is 5.27. The Morgan fingerprint density at radius 1 is 1.03 bits per heavy atom. The predicted octanol–water partition coefficient (Wildman–Crippen LogP) is 6.13. The molecule has 0 atom stereocenters. The standard InChI is InChI=1S/C21H13Cl3N2O4S/c22-15-3-1-2-14(19(15)24)17-8-5-12(30-17)6-9-18(27)26-21(31)25-11-4-7-13(20(28)29)16(23)10-11/h1-10H,(H,28,29)(H2,25,26,27,31)/b9-6+. The molecule has 0 aliphatic rings. The van der Waals surface area contributed by atoms with Gasteiger partial charge in [-0.25, -0.2) is 4.79 Å². The van der Waals surface area contributed by atoms with E-state index in [0.29, 0.717) is 32.8 Å². The summed E-state index contributed by atoms with van der Waals surface area (Å²) in [6, 6.07) is 12.8. The molecule has 0 bridgehead atoms. The normalized spacial score (nSPS) is 10.8. The lowest BCUT2D eigenvalue weighted by Gasteiger charge is -2.09. The molecule has 158 valence electrons. The van der Waals surface area contributed by atoms with Crippen molar-refractivity contribution in [1.82, 2.24) is 5.32 Å². The molecule has 31 heavy (non-hydrogen) atoms. The summed E-state index contributed by atoms with van der Waals surface area (Å²) in [4.78, 5) is 23.1. The van der Waals surface area contributed by atoms with E-state index in [1.165, 1.54) is 30.4 Å². The second-order valence-electron chi connectivity index (χ2n) is 6.08. The molecule has 3 N–H and O–H groups in total. The van der Waals surface area contributed by atoms with Crippen LogP contribution in [0.25, 0.3) is 17.4 Å². The molecule has 0 unspecified atom stereocenters. The van der Waals surface area contributed by atoms with Gasteiger partial charge in [-0.2, -0.15) is 0 Å². The van der Waals surface area contributed by atoms with Crippen LogP contribution in [0.15, 0.2) is 59.0 Å². The summed E-state index contributed by atoms with van der Waals surface area (Å²) in [5.41, 5.74) is 1.02. The zero-order chi connectivity index (χ0) is 22.5. The van der Waals surface area contributed by atoms with Gasteiger partial charge in [-0.1, -0.05) is 40.9 Å². The fourth-order valence-electron chi connectivity index (χ4n) is 2.52. The van der Waals surface area contributed by atoms with Crippen LogP contribution in [0.2, 0.25) is 15.1 Å². The van der Waals surface area contributed by atoms with Crippen molar-refractivity contribution in [2.75, 3.05) is 5.32 Å². The van der Waals surface area contributed by atoms with E-state index in [1.807, 2.05) is 0 Å². The Hall–Kier alpha value is -2.84. The SMILES string of the molecule is O=C(/C=C/c1ccc(-c2cccc(Cl)c2Cl)o1)NC(=S)Nc1ccc(C(=O)O)c(Cl)c1. The third kappa shape index (κ3) is 5.86. The van der Waals surface area contributed by atoms with Crippen LogP contribution in [0.5, 0.6) is 0 Å². The lowest BCUT2D eigenvalue weighted by atomic mass is 10.2. The first-order valence-corrected chi connectivity index (χ1v) is 10.2. The van der Waals surface area contributed by atoms with Crippen molar-refractivity contribution in [2.24, 2.45) is 0 Å². The van der Waals surface area contributed by atoms with Crippen LogP contribution >= 0.6 is 47.0 Å². The second kappa shape index (κ2) is 9.98. The number of rotatable bonds is 5. The number of benzene rings is 2. The van der Waals surface area contributed by atoms with Gasteiger partial charge in [-0.15, -0.1) is 0 Å². The molecule has 0 saturated heterocycles. The maximum absolute atomic E-state index is 12.1. The van der Waals surface area contributed by atoms with Gasteiger partial charge in [0.25, 0.3) is 0 Å². The van der Waals surface area contributed by atoms with Gasteiger partial charge in [-0.05, 0) is 60.8 Å². The minimum Gasteiger partial charge on any atom is -0.478 e. The zero-order valence-electron chi connectivity index (χ0n) is 15.5. The number of anilines is 1. The number of hydrogen-bond acceptors (Lipinski definition) is 4. The molecular formula is C21H13Cl3N2O4S. The number of aromatic carboxylic acids is 1. The summed E-state index contributed by atoms with van der Waals surface area (Å²) in [6.07, 6.45) is 2.72. The van der Waals surface area contributed by atoms with Crippen LogP contribution in [0, 0.1) is 0 Å². The maximum atomic E-state index is 12.1. The van der Waals surface area contributed by atoms with Gasteiger partial charge < -0.3 is 14.8 Å². The van der Waals surface area contributed by atoms with Gasteiger partial charge in [0, 0.05) is 17.3 Å². The number of thiocarbonyl (C=S) groups is 1. The van der Waals surface area contributed by atoms with Gasteiger partial charge in [0.1, 0.15) is 11.5 Å². The van der Waals surface area contributed by atoms with Gasteiger partial charge >= 0.3 is 5.97 Å². The number of halogens is 3. The molecular weight excluding hydrogens is 483 g/mol. The Balaban J connectivity index is 1.60. The minimum atomic E-state index is -1.14. The second-order valence-corrected chi connectivity index (χ2v) is 7.68. The maximum Gasteiger partial charge on any atom is 0.337 e. The van der Waals surface area contributed by atoms with Crippen LogP contribution < -0.4 is 10.6 Å². The molecule has 0 spiro atoms. The quantitative estimate of drug-likeness (QED) is 0.291. The van der Waals surface area contributed by atoms with Gasteiger partial charge in [-0.3, -0.25) is 10.1 Å². The molecule has 10 heteroatoms. The van der Waals surface area contributed by atoms with E-state index in [-0.39, 0.29) is 15.7 Å². The fourth-order valence-corrected chi connectivity index (χ4v) is 3.39. The molecule has 2 aromatic carbocycles. The Bertz CT molecular complexity index is 1210. The van der Waals surface area contributed by atoms with Crippen LogP contribution in [0.3, 0.4) is 0 Å². The summed E-state index contributed by atoms with van der Waals surface area (Å²) in [5, 5.41) is 15.0. The molecule has 0 fully saturated rings. The molecule has 0 saturated carbocycles. The van der Waals surface area contributed by atoms with Gasteiger partial charge in [0.15, 0.2) is 5.11 Å². The minimum absolute atomic E-state index is 0.0136. The fraction of sp³-hybridized carbons (Fsp3) is 0. The van der Waals surface area contributed by atoms with Crippen LogP contribution in [-0.2, 0) is 4.79 Å². The van der Waals surface area contributed by atoms with Crippen LogP contribution in [-0.4, -0.2) is 22.1 Å². The number of hydrogen-bond donors (Lipinski definition) is 3. The third-order valence-electron chi connectivity index (χ3n) is 3.94. The van der Waals surface area contributed by atoms with Crippen molar-refractivity contribution in [2.45, 2.75) is 0 Å². The van der Waals surface area contributed by atoms with Crippen molar-refractivity contribution < 1.29 is 19.1 Å². The molecule has 0 aliphatic carbocycles. The summed E-state index contributed by atoms with van der Waals surface area (Å²) >= 11 is 23.2. The van der Waals surface area contributed by atoms with Crippen molar-refractivity contribution in [3.05, 3.63) is 81.0 Å². The van der Waals surface area contributed by atoms with E-state index >= 15 is 0 Å². The topological polar surface area (TPSA) is 91.6 Å². The van der Waals surface area contributed by atoms with Crippen LogP contribution in [0.1, 0.15) is 16.1 Å². The number of carboxylic acid groups (broad SMARTS) is 1. The summed E-state index contributed by atoms with van der Waals surface area (Å²) in [5.74, 6) is -0.705. The number of carbonyl (C=O) groups excluding carboxylic acids is 1. The monoisotopic (exact) mass is 494 g/mol. The first-order chi connectivity index (χ1) is 14.7. The summed E-state index contributed by atoms with van der Waals surface area (Å²) in [7, 11) is 0. The van der Waals surface area contributed by atoms with Gasteiger partial charge in [0.05, 0.1) is 20.6 Å². The van der Waals surface area contributed by atoms with Crippen molar-refractivity contribution in [3.63, 3.8) is 0 Å². The summed E-state index contributed by atoms with van der Waals surface area (Å²) in [6.45, 7) is 0. The number of nitrogens with one attached hydrogen (secondary N) is 2. The number of amides is 1. The molecule has 1 amide bonds. The highest BCUT2D eigenvalue weighted by Crippen LogP contribution is 2.34. The van der Waals surface area contributed by atoms with E-state index in [0.717, 1.165) is 0 Å². The smallest absolute Gasteiger partial charge is 0.337 e. The van der Waals surface area contributed by atoms with E-state index < -0.39 is 11.9 Å². The van der Waals surface area contributed by atoms with Crippen molar-refractivity contribution >= 4 is 75.8 Å². The highest BCUT2D eigenvalue weighted by Gasteiger charge is 2.11. The Morgan fingerprint density at radius 3 is 2.52 bits per heavy atom. The molecule has 3 rings (SSSR count). The highest BCUT2D eigenvalue weighted by atomic mass is 35.5. The van der Waals surface area contributed by atoms with Crippen molar-refractivity contribution in [3.8, 4) is 11.3 Å². The largest absolute Gasteiger partial charge is 0.478 e. The molecule has 3 aromatic rings. The molecule has 0 aliphatic heterocycles. The number of furan rings is 1. The Morgan fingerprint density at radius 2 is 1.81 bits per heavy atom. The highest BCUT2D eigenvalue weighted by molar-refractivity contribution is 7.80. The average molecular weight is 496 g/mol. The van der Waals surface area contributed by atoms with E-state index in [2.05, 4.69) is 10.6 Å². The molecule has 1 aromatic heterocycles. The predicted molar refractivity (Wildman–Crippen MR) is 126 cm³/mol. The first kappa shape index (κ1) is 22.8. The zero-order valence-corrected chi connectivity index (χ0v) is 18.6. The Kier molecular flexibility index (Phi) is 7.35. The van der Waals surface area contributed by atoms with E-state index in [9.17, 15) is 9.59 Å². The van der Waals surface area contributed by atoms with Crippen molar-refractivity contribution in [1.29, 1.82) is 0 Å². The summed E-state index contributed by atoms with van der Waals surface area (Å²) < 4.78 is 5.68. The Labute approximate surface area is 197 Å². The lowest BCUT2D eigenvalue weighted by Crippen LogP contribution is -2.32. The van der Waals surface area contributed by atoms with E-state index in [1.54, 1.807) is 30.3 Å². The van der Waals surface area contributed by atoms with E-state index in [4.69, 9.17) is 56.5 Å². The first-order valence-electron chi connectivity index (χ1n) is 8.61. The molecule has 1 heterocycles. The molecule has 0 radical (unpaired) electrons.